The molecule has 1 aliphatic carbocycles. The van der Waals surface area contributed by atoms with Crippen LogP contribution in [0.15, 0.2) is 11.4 Å². The summed E-state index contributed by atoms with van der Waals surface area (Å²) in [6, 6.07) is 0. The first kappa shape index (κ1) is 11.2. The Bertz CT molecular complexity index is 288. The van der Waals surface area contributed by atoms with E-state index >= 15 is 0 Å². The summed E-state index contributed by atoms with van der Waals surface area (Å²) in [6.45, 7) is 7.22. The van der Waals surface area contributed by atoms with E-state index in [4.69, 9.17) is 0 Å². The lowest BCUT2D eigenvalue weighted by molar-refractivity contribution is -0.143. The van der Waals surface area contributed by atoms with Gasteiger partial charge in [0.15, 0.2) is 0 Å². The van der Waals surface area contributed by atoms with Crippen LogP contribution >= 0.6 is 0 Å². The first-order chi connectivity index (χ1) is 6.34. The molecule has 1 saturated carbocycles. The zero-order chi connectivity index (χ0) is 11.1. The molecule has 1 aliphatic rings. The van der Waals surface area contributed by atoms with Crippen LogP contribution < -0.4 is 0 Å². The number of allylic oxidation sites excluding steroid dienone is 2. The van der Waals surface area contributed by atoms with E-state index in [0.717, 1.165) is 0 Å². The highest BCUT2D eigenvalue weighted by Gasteiger charge is 2.64. The number of esters is 1. The predicted octanol–water partition coefficient (Wildman–Crippen LogP) is 2.70. The molecule has 0 spiro atoms. The van der Waals surface area contributed by atoms with Crippen molar-refractivity contribution in [2.24, 2.45) is 17.3 Å². The van der Waals surface area contributed by atoms with Crippen LogP contribution in [-0.2, 0) is 9.53 Å². The predicted molar refractivity (Wildman–Crippen MR) is 52.3 cm³/mol. The molecule has 2 nitrogen and oxygen atoms in total. The van der Waals surface area contributed by atoms with Gasteiger partial charge < -0.3 is 4.74 Å². The van der Waals surface area contributed by atoms with E-state index in [1.165, 1.54) is 7.11 Å². The summed E-state index contributed by atoms with van der Waals surface area (Å²) in [7, 11) is 1.34. The van der Waals surface area contributed by atoms with Crippen molar-refractivity contribution >= 4 is 5.97 Å². The quantitative estimate of drug-likeness (QED) is 0.640. The number of carbonyl (C=O) groups is 1. The summed E-state index contributed by atoms with van der Waals surface area (Å²) < 4.78 is 18.3. The van der Waals surface area contributed by atoms with Crippen LogP contribution in [0.1, 0.15) is 27.7 Å². The number of rotatable bonds is 2. The van der Waals surface area contributed by atoms with Gasteiger partial charge in [0.25, 0.3) is 0 Å². The molecule has 0 aromatic carbocycles. The van der Waals surface area contributed by atoms with Crippen LogP contribution in [-0.4, -0.2) is 13.1 Å². The van der Waals surface area contributed by atoms with Crippen LogP contribution in [0.25, 0.3) is 0 Å². The third kappa shape index (κ3) is 1.56. The second kappa shape index (κ2) is 3.37. The van der Waals surface area contributed by atoms with Crippen LogP contribution in [0.3, 0.4) is 0 Å². The molecule has 0 saturated heterocycles. The molecule has 1 rings (SSSR count). The van der Waals surface area contributed by atoms with Gasteiger partial charge in [0.1, 0.15) is 5.83 Å². The molecular weight excluding hydrogens is 183 g/mol. The summed E-state index contributed by atoms with van der Waals surface area (Å²) in [6.07, 6.45) is 0. The van der Waals surface area contributed by atoms with Gasteiger partial charge in [-0.05, 0) is 24.8 Å². The lowest BCUT2D eigenvalue weighted by Gasteiger charge is -2.00. The monoisotopic (exact) mass is 200 g/mol. The van der Waals surface area contributed by atoms with Crippen molar-refractivity contribution in [2.75, 3.05) is 7.11 Å². The standard InChI is InChI=1S/C11H17FO2/c1-6(2)9(12)7-8(10(13)14-5)11(7,3)4/h7-8H,1-5H3/t7-,8+/m1/s1. The van der Waals surface area contributed by atoms with Crippen molar-refractivity contribution in [1.29, 1.82) is 0 Å². The SMILES string of the molecule is COC(=O)[C@@H]1[C@H](C(F)=C(C)C)C1(C)C. The van der Waals surface area contributed by atoms with Crippen LogP contribution in [0.2, 0.25) is 0 Å². The first-order valence-corrected chi connectivity index (χ1v) is 4.74. The van der Waals surface area contributed by atoms with Gasteiger partial charge in [0.05, 0.1) is 13.0 Å². The number of hydrogen-bond acceptors (Lipinski definition) is 2. The summed E-state index contributed by atoms with van der Waals surface area (Å²) in [5.74, 6) is -1.08. The largest absolute Gasteiger partial charge is 0.469 e. The van der Waals surface area contributed by atoms with Crippen molar-refractivity contribution in [1.82, 2.24) is 0 Å². The Labute approximate surface area is 84.1 Å². The van der Waals surface area contributed by atoms with Crippen molar-refractivity contribution in [2.45, 2.75) is 27.7 Å². The van der Waals surface area contributed by atoms with E-state index in [2.05, 4.69) is 4.74 Å². The third-order valence-electron chi connectivity index (χ3n) is 3.03. The summed E-state index contributed by atoms with van der Waals surface area (Å²) in [5.41, 5.74) is 0.350. The van der Waals surface area contributed by atoms with Gasteiger partial charge in [-0.1, -0.05) is 13.8 Å². The molecule has 0 radical (unpaired) electrons. The first-order valence-electron chi connectivity index (χ1n) is 4.74. The molecule has 3 heteroatoms. The fourth-order valence-electron chi connectivity index (χ4n) is 1.99. The summed E-state index contributed by atoms with van der Waals surface area (Å²) in [4.78, 5) is 11.3. The van der Waals surface area contributed by atoms with Crippen LogP contribution in [0.5, 0.6) is 0 Å². The highest BCUT2D eigenvalue weighted by atomic mass is 19.1. The normalized spacial score (nSPS) is 28.1. The molecule has 0 aromatic rings. The van der Waals surface area contributed by atoms with Crippen molar-refractivity contribution in [3.8, 4) is 0 Å². The fourth-order valence-corrected chi connectivity index (χ4v) is 1.99. The van der Waals surface area contributed by atoms with Crippen LogP contribution in [0.4, 0.5) is 4.39 Å². The Kier molecular flexibility index (Phi) is 2.70. The second-order valence-corrected chi connectivity index (χ2v) is 4.65. The molecule has 80 valence electrons. The van der Waals surface area contributed by atoms with Crippen molar-refractivity contribution in [3.05, 3.63) is 11.4 Å². The minimum absolute atomic E-state index is 0.162. The van der Waals surface area contributed by atoms with Gasteiger partial charge in [-0.25, -0.2) is 4.39 Å². The zero-order valence-electron chi connectivity index (χ0n) is 9.35. The molecular formula is C11H17FO2. The molecule has 14 heavy (non-hydrogen) atoms. The average Bonchev–Trinajstić information content (AvgIpc) is 2.66. The molecule has 2 atom stereocenters. The minimum atomic E-state index is -0.317. The summed E-state index contributed by atoms with van der Waals surface area (Å²) >= 11 is 0. The molecule has 0 aliphatic heterocycles. The van der Waals surface area contributed by atoms with Gasteiger partial charge in [-0.2, -0.15) is 0 Å². The van der Waals surface area contributed by atoms with E-state index < -0.39 is 0 Å². The van der Waals surface area contributed by atoms with Gasteiger partial charge in [0.2, 0.25) is 0 Å². The van der Waals surface area contributed by atoms with Gasteiger partial charge in [0, 0.05) is 5.92 Å². The maximum absolute atomic E-state index is 13.6. The van der Waals surface area contributed by atoms with E-state index in [1.54, 1.807) is 13.8 Å². The maximum atomic E-state index is 13.6. The lowest BCUT2D eigenvalue weighted by Crippen LogP contribution is -2.07. The Hall–Kier alpha value is -0.860. The van der Waals surface area contributed by atoms with Gasteiger partial charge in [-0.15, -0.1) is 0 Å². The van der Waals surface area contributed by atoms with E-state index in [9.17, 15) is 9.18 Å². The average molecular weight is 200 g/mol. The zero-order valence-corrected chi connectivity index (χ0v) is 9.35. The smallest absolute Gasteiger partial charge is 0.309 e. The van der Waals surface area contributed by atoms with Crippen molar-refractivity contribution < 1.29 is 13.9 Å². The molecule has 0 N–H and O–H groups in total. The Morgan fingerprint density at radius 2 is 1.79 bits per heavy atom. The number of ether oxygens (including phenoxy) is 1. The molecule has 0 heterocycles. The molecule has 0 bridgehead atoms. The van der Waals surface area contributed by atoms with Crippen molar-refractivity contribution in [3.63, 3.8) is 0 Å². The van der Waals surface area contributed by atoms with E-state index in [-0.39, 0.29) is 29.0 Å². The highest BCUT2D eigenvalue weighted by Crippen LogP contribution is 2.62. The molecule has 0 amide bonds. The number of carbonyl (C=O) groups excluding carboxylic acids is 1. The molecule has 0 unspecified atom stereocenters. The Morgan fingerprint density at radius 3 is 2.14 bits per heavy atom. The molecule has 1 fully saturated rings. The number of halogens is 1. The van der Waals surface area contributed by atoms with Crippen LogP contribution in [0, 0.1) is 17.3 Å². The maximum Gasteiger partial charge on any atom is 0.309 e. The Balaban J connectivity index is 2.87. The fraction of sp³-hybridized carbons (Fsp3) is 0.727. The highest BCUT2D eigenvalue weighted by molar-refractivity contribution is 5.78. The van der Waals surface area contributed by atoms with Gasteiger partial charge >= 0.3 is 5.97 Å². The summed E-state index contributed by atoms with van der Waals surface area (Å²) in [5, 5.41) is 0. The lowest BCUT2D eigenvalue weighted by atomic mass is 10.1. The second-order valence-electron chi connectivity index (χ2n) is 4.65. The number of hydrogen-bond donors (Lipinski definition) is 0. The topological polar surface area (TPSA) is 26.3 Å². The number of methoxy groups -OCH3 is 1. The van der Waals surface area contributed by atoms with Gasteiger partial charge in [-0.3, -0.25) is 4.79 Å². The Morgan fingerprint density at radius 1 is 1.29 bits per heavy atom. The molecule has 0 aromatic heterocycles. The minimum Gasteiger partial charge on any atom is -0.469 e. The van der Waals surface area contributed by atoms with E-state index in [1.807, 2.05) is 13.8 Å². The van der Waals surface area contributed by atoms with E-state index in [0.29, 0.717) is 5.57 Å². The third-order valence-corrected chi connectivity index (χ3v) is 3.03.